The number of carbonyl (C=O) groups is 3. The Kier molecular flexibility index (Phi) is 10.8. The average Bonchev–Trinajstić information content (AvgIpc) is 4.10. The van der Waals surface area contributed by atoms with Gasteiger partial charge in [0.2, 0.25) is 11.8 Å². The van der Waals surface area contributed by atoms with Crippen molar-refractivity contribution in [2.75, 3.05) is 33.9 Å². The van der Waals surface area contributed by atoms with Crippen LogP contribution in [0, 0.1) is 17.8 Å². The minimum absolute atomic E-state index is 0.0885. The third kappa shape index (κ3) is 7.49. The van der Waals surface area contributed by atoms with Crippen LogP contribution in [-0.4, -0.2) is 87.6 Å². The van der Waals surface area contributed by atoms with E-state index in [0.29, 0.717) is 26.3 Å². The van der Waals surface area contributed by atoms with Crippen molar-refractivity contribution in [2.24, 2.45) is 17.8 Å². The van der Waals surface area contributed by atoms with Crippen LogP contribution in [0.1, 0.15) is 81.3 Å². The number of amides is 3. The molecule has 0 spiro atoms. The Morgan fingerprint density at radius 1 is 0.885 bits per heavy atom. The fraction of sp³-hybridized carbons (Fsp3) is 0.396. The molecule has 0 saturated carbocycles. The number of alkyl carbamates (subject to hydrolysis) is 1. The van der Waals surface area contributed by atoms with Crippen molar-refractivity contribution in [1.82, 2.24) is 35.1 Å². The number of benzene rings is 4. The molecule has 6 atom stereocenters. The molecule has 9 rings (SSSR count). The van der Waals surface area contributed by atoms with Crippen molar-refractivity contribution >= 4 is 39.7 Å². The summed E-state index contributed by atoms with van der Waals surface area (Å²) < 4.78 is 16.8. The van der Waals surface area contributed by atoms with Crippen molar-refractivity contribution in [2.45, 2.75) is 71.2 Å². The van der Waals surface area contributed by atoms with Crippen LogP contribution in [0.3, 0.4) is 0 Å². The molecule has 2 aromatic heterocycles. The van der Waals surface area contributed by atoms with Gasteiger partial charge in [0.05, 0.1) is 54.6 Å². The van der Waals surface area contributed by atoms with E-state index in [-0.39, 0.29) is 47.6 Å². The third-order valence-electron chi connectivity index (χ3n) is 12.8. The molecule has 4 aromatic carbocycles. The standard InChI is InChI=1S/C48H53N7O6/c1-26(2)42(53-48(58)60-6)47(57)54-22-27(3)16-39(54)44-49-21-38(51-44)32-12-14-34-33(18-32)25-61-41-20-35-31(19-36(34)41)13-15-37-43(35)52-45(50-37)40-17-29(24-59-5)23-55(40)46(56)28(4)30-10-8-7-9-11-30/h7-15,18-21,26-29,39-40,42H,16-17,22-25H2,1-6H3,(H,49,51)(H,50,52)(H,53,58)/t27-,28+,29-,39-,40-,42?/m0/s1. The van der Waals surface area contributed by atoms with Gasteiger partial charge < -0.3 is 39.3 Å². The predicted molar refractivity (Wildman–Crippen MR) is 233 cm³/mol. The topological polar surface area (TPSA) is 155 Å². The Labute approximate surface area is 355 Å². The Morgan fingerprint density at radius 3 is 2.44 bits per heavy atom. The smallest absolute Gasteiger partial charge is 0.407 e. The van der Waals surface area contributed by atoms with Crippen molar-refractivity contribution < 1.29 is 28.6 Å². The number of hydrogen-bond donors (Lipinski definition) is 3. The van der Waals surface area contributed by atoms with E-state index in [2.05, 4.69) is 58.6 Å². The van der Waals surface area contributed by atoms with E-state index in [4.69, 9.17) is 24.2 Å². The molecule has 2 fully saturated rings. The lowest BCUT2D eigenvalue weighted by Crippen LogP contribution is -2.51. The van der Waals surface area contributed by atoms with E-state index in [9.17, 15) is 14.4 Å². The van der Waals surface area contributed by atoms with Gasteiger partial charge in [-0.15, -0.1) is 0 Å². The summed E-state index contributed by atoms with van der Waals surface area (Å²) >= 11 is 0. The van der Waals surface area contributed by atoms with Crippen LogP contribution in [0.25, 0.3) is 44.2 Å². The van der Waals surface area contributed by atoms with Gasteiger partial charge in [-0.25, -0.2) is 14.8 Å². The van der Waals surface area contributed by atoms with Crippen molar-refractivity contribution in [3.63, 3.8) is 0 Å². The van der Waals surface area contributed by atoms with E-state index < -0.39 is 12.1 Å². The second-order valence-corrected chi connectivity index (χ2v) is 17.4. The maximum atomic E-state index is 14.0. The number of rotatable bonds is 10. The molecule has 0 bridgehead atoms. The molecule has 0 aliphatic carbocycles. The van der Waals surface area contributed by atoms with Gasteiger partial charge in [-0.1, -0.05) is 69.3 Å². The molecule has 6 aromatic rings. The molecule has 316 valence electrons. The van der Waals surface area contributed by atoms with E-state index in [1.165, 1.54) is 7.11 Å². The Balaban J connectivity index is 0.974. The molecule has 5 heterocycles. The Morgan fingerprint density at radius 2 is 1.67 bits per heavy atom. The second kappa shape index (κ2) is 16.3. The number of likely N-dealkylation sites (tertiary alicyclic amines) is 2. The van der Waals surface area contributed by atoms with Crippen LogP contribution in [0.2, 0.25) is 0 Å². The van der Waals surface area contributed by atoms with Gasteiger partial charge in [0.1, 0.15) is 30.0 Å². The molecule has 3 N–H and O–H groups in total. The number of methoxy groups -OCH3 is 2. The van der Waals surface area contributed by atoms with Gasteiger partial charge in [0.15, 0.2) is 0 Å². The van der Waals surface area contributed by atoms with Crippen LogP contribution in [-0.2, 0) is 25.7 Å². The minimum Gasteiger partial charge on any atom is -0.488 e. The highest BCUT2D eigenvalue weighted by Gasteiger charge is 2.41. The van der Waals surface area contributed by atoms with Crippen LogP contribution in [0.5, 0.6) is 5.75 Å². The van der Waals surface area contributed by atoms with Crippen molar-refractivity contribution in [3.05, 3.63) is 102 Å². The molecule has 2 saturated heterocycles. The van der Waals surface area contributed by atoms with Crippen molar-refractivity contribution in [3.8, 4) is 28.1 Å². The van der Waals surface area contributed by atoms with Crippen molar-refractivity contribution in [1.29, 1.82) is 0 Å². The van der Waals surface area contributed by atoms with E-state index >= 15 is 0 Å². The van der Waals surface area contributed by atoms with Gasteiger partial charge in [0.25, 0.3) is 0 Å². The summed E-state index contributed by atoms with van der Waals surface area (Å²) in [6, 6.07) is 23.6. The summed E-state index contributed by atoms with van der Waals surface area (Å²) in [5.41, 5.74) is 7.77. The number of hydrogen-bond acceptors (Lipinski definition) is 8. The monoisotopic (exact) mass is 823 g/mol. The lowest BCUT2D eigenvalue weighted by atomic mass is 9.92. The van der Waals surface area contributed by atoms with E-state index in [1.54, 1.807) is 7.11 Å². The molecule has 3 aliphatic heterocycles. The van der Waals surface area contributed by atoms with Crippen LogP contribution >= 0.6 is 0 Å². The van der Waals surface area contributed by atoms with E-state index in [0.717, 1.165) is 85.6 Å². The highest BCUT2D eigenvalue weighted by molar-refractivity contribution is 6.07. The molecule has 3 aliphatic rings. The van der Waals surface area contributed by atoms with Gasteiger partial charge >= 0.3 is 6.09 Å². The first kappa shape index (κ1) is 40.2. The van der Waals surface area contributed by atoms with Gasteiger partial charge in [-0.3, -0.25) is 9.59 Å². The normalized spacial score (nSPS) is 20.7. The molecule has 61 heavy (non-hydrogen) atoms. The third-order valence-corrected chi connectivity index (χ3v) is 12.8. The predicted octanol–water partition coefficient (Wildman–Crippen LogP) is 8.30. The lowest BCUT2D eigenvalue weighted by Gasteiger charge is -2.30. The first-order chi connectivity index (χ1) is 29.5. The maximum absolute atomic E-state index is 14.0. The molecule has 13 nitrogen and oxygen atoms in total. The fourth-order valence-corrected chi connectivity index (χ4v) is 9.63. The quantitative estimate of drug-likeness (QED) is 0.125. The maximum Gasteiger partial charge on any atom is 0.407 e. The molecule has 13 heteroatoms. The zero-order chi connectivity index (χ0) is 42.5. The van der Waals surface area contributed by atoms with Gasteiger partial charge in [-0.2, -0.15) is 0 Å². The first-order valence-corrected chi connectivity index (χ1v) is 21.3. The van der Waals surface area contributed by atoms with Gasteiger partial charge in [-0.05, 0) is 83.5 Å². The zero-order valence-corrected chi connectivity index (χ0v) is 35.5. The number of H-pyrrole nitrogens is 2. The number of nitrogens with zero attached hydrogens (tertiary/aromatic N) is 4. The Bertz CT molecular complexity index is 2620. The average molecular weight is 824 g/mol. The molecule has 0 radical (unpaired) electrons. The summed E-state index contributed by atoms with van der Waals surface area (Å²) in [7, 11) is 3.01. The largest absolute Gasteiger partial charge is 0.488 e. The number of aromatic nitrogens is 4. The van der Waals surface area contributed by atoms with Gasteiger partial charge in [0, 0.05) is 37.1 Å². The fourth-order valence-electron chi connectivity index (χ4n) is 9.63. The number of carbonyl (C=O) groups excluding carboxylic acids is 3. The SMILES string of the molecule is COC[C@H]1C[C@@H](c2nc3ccc4cc5c(cc4c3[nH]2)OCc2cc(-c3cnc([C@@H]4C[C@H](C)CN4C(=O)C(NC(=O)OC)C(C)C)[nH]3)ccc2-5)N(C(=O)[C@H](C)c2ccccc2)C1. The number of fused-ring (bicyclic) bond motifs is 6. The number of aromatic amines is 2. The van der Waals surface area contributed by atoms with E-state index in [1.807, 2.05) is 73.2 Å². The molecule has 3 amide bonds. The second-order valence-electron chi connectivity index (χ2n) is 17.4. The number of ether oxygens (including phenoxy) is 3. The lowest BCUT2D eigenvalue weighted by molar-refractivity contribution is -0.135. The summed E-state index contributed by atoms with van der Waals surface area (Å²) in [4.78, 5) is 60.8. The number of nitrogens with one attached hydrogen (secondary N) is 3. The zero-order valence-electron chi connectivity index (χ0n) is 35.5. The minimum atomic E-state index is -0.707. The summed E-state index contributed by atoms with van der Waals surface area (Å²) in [6.45, 7) is 10.1. The van der Waals surface area contributed by atoms with Crippen LogP contribution in [0.4, 0.5) is 4.79 Å². The molecular weight excluding hydrogens is 771 g/mol. The van der Waals surface area contributed by atoms with Crippen LogP contribution in [0.15, 0.2) is 79.0 Å². The van der Waals surface area contributed by atoms with Crippen LogP contribution < -0.4 is 10.1 Å². The highest BCUT2D eigenvalue weighted by Crippen LogP contribution is 2.44. The Hall–Kier alpha value is -6.21. The molecule has 1 unspecified atom stereocenters. The highest BCUT2D eigenvalue weighted by atomic mass is 16.5. The first-order valence-electron chi connectivity index (χ1n) is 21.3. The summed E-state index contributed by atoms with van der Waals surface area (Å²) in [6.07, 6.45) is 2.73. The summed E-state index contributed by atoms with van der Waals surface area (Å²) in [5, 5.41) is 4.80. The summed E-state index contributed by atoms with van der Waals surface area (Å²) in [5.74, 6) is 2.33. The number of imidazole rings is 2. The molecular formula is C48H53N7O6.